The molecule has 0 aliphatic carbocycles. The molecule has 2 aromatic carbocycles. The molecule has 1 atom stereocenters. The second-order valence-electron chi connectivity index (χ2n) is 4.96. The lowest BCUT2D eigenvalue weighted by Gasteiger charge is -2.13. The summed E-state index contributed by atoms with van der Waals surface area (Å²) in [7, 11) is 0. The fraction of sp³-hybridized carbons (Fsp3) is 0.312. The van der Waals surface area contributed by atoms with Crippen molar-refractivity contribution >= 4 is 16.7 Å². The van der Waals surface area contributed by atoms with E-state index in [0.717, 1.165) is 23.1 Å². The molecule has 1 heterocycles. The maximum atomic E-state index is 11.4. The Bertz CT molecular complexity index is 628. The highest BCUT2D eigenvalue weighted by Gasteiger charge is 2.23. The Labute approximate surface area is 107 Å². The van der Waals surface area contributed by atoms with Gasteiger partial charge in [0.25, 0.3) is 0 Å². The van der Waals surface area contributed by atoms with Gasteiger partial charge in [-0.3, -0.25) is 4.79 Å². The molecule has 1 aliphatic rings. The van der Waals surface area contributed by atoms with Gasteiger partial charge in [0.15, 0.2) is 0 Å². The van der Waals surface area contributed by atoms with E-state index in [9.17, 15) is 4.79 Å². The van der Waals surface area contributed by atoms with Crippen LogP contribution in [0.2, 0.25) is 0 Å². The Balaban J connectivity index is 2.26. The second kappa shape index (κ2) is 4.13. The van der Waals surface area contributed by atoms with Crippen molar-refractivity contribution in [2.24, 2.45) is 0 Å². The highest BCUT2D eigenvalue weighted by Crippen LogP contribution is 2.37. The van der Waals surface area contributed by atoms with Crippen LogP contribution in [0.1, 0.15) is 37.3 Å². The van der Waals surface area contributed by atoms with Crippen molar-refractivity contribution in [1.29, 1.82) is 0 Å². The molecule has 0 aromatic heterocycles. The molecule has 0 radical (unpaired) electrons. The van der Waals surface area contributed by atoms with Gasteiger partial charge in [-0.05, 0) is 23.3 Å². The molecule has 0 saturated heterocycles. The average Bonchev–Trinajstić information content (AvgIpc) is 2.77. The van der Waals surface area contributed by atoms with Crippen LogP contribution < -0.4 is 4.74 Å². The quantitative estimate of drug-likeness (QED) is 0.589. The smallest absolute Gasteiger partial charge is 0.315 e. The number of rotatable bonds is 2. The summed E-state index contributed by atoms with van der Waals surface area (Å²) in [5.74, 6) is 1.14. The first kappa shape index (κ1) is 11.3. The zero-order chi connectivity index (χ0) is 12.7. The molecular weight excluding hydrogens is 224 g/mol. The fourth-order valence-corrected chi connectivity index (χ4v) is 2.61. The van der Waals surface area contributed by atoms with Gasteiger partial charge in [-0.1, -0.05) is 44.2 Å². The van der Waals surface area contributed by atoms with E-state index in [0.29, 0.717) is 12.3 Å². The summed E-state index contributed by atoms with van der Waals surface area (Å²) in [4.78, 5) is 11.4. The third kappa shape index (κ3) is 1.60. The van der Waals surface area contributed by atoms with Crippen LogP contribution in [0.15, 0.2) is 30.3 Å². The third-order valence-corrected chi connectivity index (χ3v) is 3.82. The van der Waals surface area contributed by atoms with E-state index in [1.54, 1.807) is 0 Å². The van der Waals surface area contributed by atoms with E-state index >= 15 is 0 Å². The van der Waals surface area contributed by atoms with Crippen molar-refractivity contribution in [3.8, 4) is 5.75 Å². The topological polar surface area (TPSA) is 26.3 Å². The summed E-state index contributed by atoms with van der Waals surface area (Å²) in [5.41, 5.74) is 2.34. The SMILES string of the molecule is CCC(C)c1cccc2c3c(ccc12)CC(=O)O3. The van der Waals surface area contributed by atoms with Crippen LogP contribution in [0.3, 0.4) is 0 Å². The number of carbonyl (C=O) groups is 1. The molecule has 18 heavy (non-hydrogen) atoms. The number of ether oxygens (including phenoxy) is 1. The van der Waals surface area contributed by atoms with E-state index in [4.69, 9.17) is 4.74 Å². The first-order valence-corrected chi connectivity index (χ1v) is 6.46. The molecular formula is C16H16O2. The number of carbonyl (C=O) groups excluding carboxylic acids is 1. The molecule has 2 nitrogen and oxygen atoms in total. The van der Waals surface area contributed by atoms with Crippen molar-refractivity contribution in [2.75, 3.05) is 0 Å². The molecule has 0 saturated carbocycles. The van der Waals surface area contributed by atoms with Gasteiger partial charge in [0, 0.05) is 10.9 Å². The van der Waals surface area contributed by atoms with Gasteiger partial charge in [-0.2, -0.15) is 0 Å². The number of esters is 1. The fourth-order valence-electron chi connectivity index (χ4n) is 2.61. The van der Waals surface area contributed by atoms with Crippen LogP contribution in [0.25, 0.3) is 10.8 Å². The molecule has 2 aromatic rings. The zero-order valence-corrected chi connectivity index (χ0v) is 10.7. The van der Waals surface area contributed by atoms with E-state index in [2.05, 4.69) is 32.0 Å². The molecule has 1 aliphatic heterocycles. The van der Waals surface area contributed by atoms with Gasteiger partial charge >= 0.3 is 5.97 Å². The highest BCUT2D eigenvalue weighted by molar-refractivity contribution is 5.97. The van der Waals surface area contributed by atoms with Crippen LogP contribution in [-0.4, -0.2) is 5.97 Å². The van der Waals surface area contributed by atoms with Crippen molar-refractivity contribution < 1.29 is 9.53 Å². The summed E-state index contributed by atoms with van der Waals surface area (Å²) in [5, 5.41) is 2.27. The average molecular weight is 240 g/mol. The lowest BCUT2D eigenvalue weighted by Crippen LogP contribution is -2.00. The first-order chi connectivity index (χ1) is 8.70. The molecule has 1 unspecified atom stereocenters. The predicted octanol–water partition coefficient (Wildman–Crippen LogP) is 3.81. The molecule has 92 valence electrons. The van der Waals surface area contributed by atoms with Crippen LogP contribution in [-0.2, 0) is 11.2 Å². The molecule has 2 heteroatoms. The third-order valence-electron chi connectivity index (χ3n) is 3.82. The van der Waals surface area contributed by atoms with Crippen LogP contribution in [0.4, 0.5) is 0 Å². The largest absolute Gasteiger partial charge is 0.425 e. The van der Waals surface area contributed by atoms with Crippen molar-refractivity contribution in [3.63, 3.8) is 0 Å². The predicted molar refractivity (Wildman–Crippen MR) is 72.0 cm³/mol. The number of fused-ring (bicyclic) bond motifs is 3. The Kier molecular flexibility index (Phi) is 2.58. The maximum absolute atomic E-state index is 11.4. The van der Waals surface area contributed by atoms with E-state index in [1.807, 2.05) is 12.1 Å². The van der Waals surface area contributed by atoms with Crippen LogP contribution in [0.5, 0.6) is 5.75 Å². The van der Waals surface area contributed by atoms with Gasteiger partial charge in [0.05, 0.1) is 6.42 Å². The highest BCUT2D eigenvalue weighted by atomic mass is 16.5. The summed E-state index contributed by atoms with van der Waals surface area (Å²) in [6.45, 7) is 4.42. The molecule has 0 bridgehead atoms. The summed E-state index contributed by atoms with van der Waals surface area (Å²) < 4.78 is 5.35. The standard InChI is InChI=1S/C16H16O2/c1-3-10(2)12-5-4-6-14-13(12)8-7-11-9-15(17)18-16(11)14/h4-8,10H,3,9H2,1-2H3. The van der Waals surface area contributed by atoms with Gasteiger partial charge in [0.1, 0.15) is 5.75 Å². The summed E-state index contributed by atoms with van der Waals surface area (Å²) in [6, 6.07) is 10.4. The van der Waals surface area contributed by atoms with Crippen molar-refractivity contribution in [2.45, 2.75) is 32.6 Å². The second-order valence-corrected chi connectivity index (χ2v) is 4.96. The lowest BCUT2D eigenvalue weighted by molar-refractivity contribution is -0.131. The van der Waals surface area contributed by atoms with Crippen molar-refractivity contribution in [1.82, 2.24) is 0 Å². The summed E-state index contributed by atoms with van der Waals surface area (Å²) in [6.07, 6.45) is 1.51. The van der Waals surface area contributed by atoms with Crippen LogP contribution in [0, 0.1) is 0 Å². The van der Waals surface area contributed by atoms with E-state index in [-0.39, 0.29) is 5.97 Å². The van der Waals surface area contributed by atoms with Gasteiger partial charge in [-0.15, -0.1) is 0 Å². The maximum Gasteiger partial charge on any atom is 0.315 e. The van der Waals surface area contributed by atoms with Gasteiger partial charge in [-0.25, -0.2) is 0 Å². The Morgan fingerprint density at radius 3 is 2.83 bits per heavy atom. The molecule has 0 spiro atoms. The van der Waals surface area contributed by atoms with Crippen molar-refractivity contribution in [3.05, 3.63) is 41.5 Å². The molecule has 0 fully saturated rings. The number of hydrogen-bond acceptors (Lipinski definition) is 2. The van der Waals surface area contributed by atoms with Gasteiger partial charge in [0.2, 0.25) is 0 Å². The number of hydrogen-bond donors (Lipinski definition) is 0. The molecule has 3 rings (SSSR count). The monoisotopic (exact) mass is 240 g/mol. The number of benzene rings is 2. The Morgan fingerprint density at radius 1 is 1.22 bits per heavy atom. The normalized spacial score (nSPS) is 15.6. The van der Waals surface area contributed by atoms with E-state index in [1.165, 1.54) is 10.9 Å². The molecule has 0 N–H and O–H groups in total. The Hall–Kier alpha value is -1.83. The minimum Gasteiger partial charge on any atom is -0.425 e. The minimum absolute atomic E-state index is 0.147. The minimum atomic E-state index is -0.147. The van der Waals surface area contributed by atoms with E-state index < -0.39 is 0 Å². The van der Waals surface area contributed by atoms with Crippen LogP contribution >= 0.6 is 0 Å². The lowest BCUT2D eigenvalue weighted by atomic mass is 9.92. The zero-order valence-electron chi connectivity index (χ0n) is 10.7. The summed E-state index contributed by atoms with van der Waals surface area (Å²) >= 11 is 0. The Morgan fingerprint density at radius 2 is 2.06 bits per heavy atom. The molecule has 0 amide bonds. The van der Waals surface area contributed by atoms with Gasteiger partial charge < -0.3 is 4.74 Å². The first-order valence-electron chi connectivity index (χ1n) is 6.46.